The van der Waals surface area contributed by atoms with Crippen LogP contribution < -0.4 is 5.32 Å². The lowest BCUT2D eigenvalue weighted by Crippen LogP contribution is -2.40. The molecule has 1 unspecified atom stereocenters. The first-order valence-corrected chi connectivity index (χ1v) is 9.78. The number of halogens is 1. The van der Waals surface area contributed by atoms with Crippen molar-refractivity contribution in [2.75, 3.05) is 25.4 Å². The Morgan fingerprint density at radius 2 is 2.15 bits per heavy atom. The minimum Gasteiger partial charge on any atom is -0.357 e. The van der Waals surface area contributed by atoms with Gasteiger partial charge < -0.3 is 14.8 Å². The molecule has 1 saturated heterocycles. The molecule has 1 fully saturated rings. The predicted molar refractivity (Wildman–Crippen MR) is 118 cm³/mol. The molecule has 0 amide bonds. The Morgan fingerprint density at radius 1 is 1.35 bits per heavy atom. The number of hydrogen-bond acceptors (Lipinski definition) is 4. The molecule has 0 radical (unpaired) electrons. The molecule has 142 valence electrons. The number of aromatic nitrogens is 3. The van der Waals surface area contributed by atoms with Gasteiger partial charge in [-0.25, -0.2) is 4.99 Å². The van der Waals surface area contributed by atoms with Crippen LogP contribution in [0.2, 0.25) is 0 Å². The van der Waals surface area contributed by atoms with Crippen molar-refractivity contribution < 1.29 is 0 Å². The largest absolute Gasteiger partial charge is 0.357 e. The van der Waals surface area contributed by atoms with Crippen LogP contribution in [0, 0.1) is 5.92 Å². The molecular formula is C18H27IN6S. The van der Waals surface area contributed by atoms with Crippen LogP contribution in [0.15, 0.2) is 46.5 Å². The summed E-state index contributed by atoms with van der Waals surface area (Å²) in [4.78, 5) is 8.47. The number of benzene rings is 1. The van der Waals surface area contributed by atoms with Gasteiger partial charge in [0.25, 0.3) is 0 Å². The van der Waals surface area contributed by atoms with E-state index < -0.39 is 0 Å². The Morgan fingerprint density at radius 3 is 2.85 bits per heavy atom. The second-order valence-electron chi connectivity index (χ2n) is 6.25. The summed E-state index contributed by atoms with van der Waals surface area (Å²) < 4.78 is 1.91. The third-order valence-electron chi connectivity index (χ3n) is 4.32. The molecule has 6 nitrogen and oxygen atoms in total. The molecular weight excluding hydrogens is 459 g/mol. The zero-order valence-electron chi connectivity index (χ0n) is 15.3. The predicted octanol–water partition coefficient (Wildman–Crippen LogP) is 3.01. The summed E-state index contributed by atoms with van der Waals surface area (Å²) in [6.45, 7) is 5.65. The zero-order chi connectivity index (χ0) is 17.5. The van der Waals surface area contributed by atoms with Gasteiger partial charge in [-0.1, -0.05) is 18.2 Å². The molecule has 0 bridgehead atoms. The third kappa shape index (κ3) is 5.87. The molecule has 2 aromatic rings. The molecule has 0 aliphatic carbocycles. The summed E-state index contributed by atoms with van der Waals surface area (Å²) in [6, 6.07) is 10.6. The zero-order valence-corrected chi connectivity index (χ0v) is 18.5. The van der Waals surface area contributed by atoms with Crippen molar-refractivity contribution in [2.45, 2.75) is 24.8 Å². The normalized spacial score (nSPS) is 17.2. The van der Waals surface area contributed by atoms with Crippen molar-refractivity contribution >= 4 is 41.7 Å². The highest BCUT2D eigenvalue weighted by atomic mass is 127. The second-order valence-corrected chi connectivity index (χ2v) is 7.35. The molecule has 2 heterocycles. The van der Waals surface area contributed by atoms with Gasteiger partial charge in [0.2, 0.25) is 0 Å². The van der Waals surface area contributed by atoms with Crippen LogP contribution in [0.4, 0.5) is 0 Å². The van der Waals surface area contributed by atoms with Crippen LogP contribution in [0.25, 0.3) is 0 Å². The standard InChI is InChI=1S/C18H26N6S.HI/c1-3-19-18(20-11-17-22-21-14-23(17)2)24-10-9-15(12-24)13-25-16-7-5-4-6-8-16;/h4-8,14-15H,3,9-13H2,1-2H3,(H,19,20);1H. The quantitative estimate of drug-likeness (QED) is 0.295. The topological polar surface area (TPSA) is 58.3 Å². The van der Waals surface area contributed by atoms with E-state index in [0.717, 1.165) is 37.2 Å². The van der Waals surface area contributed by atoms with Gasteiger partial charge in [-0.2, -0.15) is 0 Å². The minimum absolute atomic E-state index is 0. The van der Waals surface area contributed by atoms with E-state index in [2.05, 4.69) is 57.7 Å². The number of nitrogens with one attached hydrogen (secondary N) is 1. The van der Waals surface area contributed by atoms with Crippen LogP contribution in [0.1, 0.15) is 19.2 Å². The molecule has 0 spiro atoms. The van der Waals surface area contributed by atoms with E-state index in [1.54, 1.807) is 6.33 Å². The molecule has 1 N–H and O–H groups in total. The monoisotopic (exact) mass is 486 g/mol. The Bertz CT molecular complexity index is 690. The first kappa shape index (κ1) is 21.0. The minimum atomic E-state index is 0. The second kappa shape index (κ2) is 10.8. The fourth-order valence-corrected chi connectivity index (χ4v) is 3.96. The summed E-state index contributed by atoms with van der Waals surface area (Å²) in [5.74, 6) is 3.72. The summed E-state index contributed by atoms with van der Waals surface area (Å²) in [5.41, 5.74) is 0. The fourth-order valence-electron chi connectivity index (χ4n) is 2.91. The highest BCUT2D eigenvalue weighted by molar-refractivity contribution is 14.0. The van der Waals surface area contributed by atoms with Crippen molar-refractivity contribution in [3.05, 3.63) is 42.5 Å². The van der Waals surface area contributed by atoms with Crippen molar-refractivity contribution in [2.24, 2.45) is 18.0 Å². The van der Waals surface area contributed by atoms with E-state index in [1.807, 2.05) is 23.4 Å². The molecule has 26 heavy (non-hydrogen) atoms. The molecule has 1 atom stereocenters. The van der Waals surface area contributed by atoms with Gasteiger partial charge in [0.1, 0.15) is 12.9 Å². The molecule has 1 aliphatic rings. The molecule has 1 aliphatic heterocycles. The Labute approximate surface area is 176 Å². The van der Waals surface area contributed by atoms with E-state index in [4.69, 9.17) is 4.99 Å². The van der Waals surface area contributed by atoms with Gasteiger partial charge in [0.05, 0.1) is 0 Å². The maximum absolute atomic E-state index is 4.75. The average Bonchev–Trinajstić information content (AvgIpc) is 3.27. The van der Waals surface area contributed by atoms with Crippen LogP contribution in [0.3, 0.4) is 0 Å². The average molecular weight is 486 g/mol. The van der Waals surface area contributed by atoms with Gasteiger partial charge in [0, 0.05) is 37.3 Å². The van der Waals surface area contributed by atoms with E-state index in [-0.39, 0.29) is 24.0 Å². The van der Waals surface area contributed by atoms with Crippen LogP contribution in [-0.4, -0.2) is 51.0 Å². The summed E-state index contributed by atoms with van der Waals surface area (Å²) in [6.07, 6.45) is 2.93. The lowest BCUT2D eigenvalue weighted by atomic mass is 10.2. The highest BCUT2D eigenvalue weighted by Crippen LogP contribution is 2.25. The number of rotatable bonds is 6. The molecule has 1 aromatic heterocycles. The van der Waals surface area contributed by atoms with E-state index in [0.29, 0.717) is 12.5 Å². The van der Waals surface area contributed by atoms with Crippen LogP contribution in [-0.2, 0) is 13.6 Å². The molecule has 0 saturated carbocycles. The van der Waals surface area contributed by atoms with E-state index >= 15 is 0 Å². The number of nitrogens with zero attached hydrogens (tertiary/aromatic N) is 5. The van der Waals surface area contributed by atoms with E-state index in [9.17, 15) is 0 Å². The number of hydrogen-bond donors (Lipinski definition) is 1. The van der Waals surface area contributed by atoms with E-state index in [1.165, 1.54) is 11.3 Å². The lowest BCUT2D eigenvalue weighted by Gasteiger charge is -2.21. The Hall–Kier alpha value is -1.29. The number of likely N-dealkylation sites (tertiary alicyclic amines) is 1. The van der Waals surface area contributed by atoms with Crippen LogP contribution in [0.5, 0.6) is 0 Å². The lowest BCUT2D eigenvalue weighted by molar-refractivity contribution is 0.474. The maximum Gasteiger partial charge on any atom is 0.194 e. The molecule has 8 heteroatoms. The van der Waals surface area contributed by atoms with Crippen LogP contribution >= 0.6 is 35.7 Å². The number of aryl methyl sites for hydroxylation is 1. The number of thioether (sulfide) groups is 1. The first-order valence-electron chi connectivity index (χ1n) is 8.80. The van der Waals surface area contributed by atoms with Crippen molar-refractivity contribution in [3.8, 4) is 0 Å². The first-order chi connectivity index (χ1) is 12.3. The van der Waals surface area contributed by atoms with Gasteiger partial charge in [0.15, 0.2) is 11.8 Å². The number of aliphatic imine (C=N–C) groups is 1. The Kier molecular flexibility index (Phi) is 8.70. The summed E-state index contributed by atoms with van der Waals surface area (Å²) in [7, 11) is 1.95. The summed E-state index contributed by atoms with van der Waals surface area (Å²) >= 11 is 1.95. The van der Waals surface area contributed by atoms with Gasteiger partial charge in [-0.05, 0) is 31.4 Å². The van der Waals surface area contributed by atoms with Crippen molar-refractivity contribution in [1.82, 2.24) is 25.0 Å². The SMILES string of the molecule is CCNC(=NCc1nncn1C)N1CCC(CSc2ccccc2)C1.I. The van der Waals surface area contributed by atoms with Crippen molar-refractivity contribution in [1.29, 1.82) is 0 Å². The molecule has 3 rings (SSSR count). The fraction of sp³-hybridized carbons (Fsp3) is 0.500. The maximum atomic E-state index is 4.75. The van der Waals surface area contributed by atoms with Gasteiger partial charge in [-0.3, -0.25) is 0 Å². The highest BCUT2D eigenvalue weighted by Gasteiger charge is 2.25. The van der Waals surface area contributed by atoms with Gasteiger partial charge in [-0.15, -0.1) is 45.9 Å². The summed E-state index contributed by atoms with van der Waals surface area (Å²) in [5, 5.41) is 11.4. The third-order valence-corrected chi connectivity index (χ3v) is 5.57. The Balaban J connectivity index is 0.00000243. The van der Waals surface area contributed by atoms with Gasteiger partial charge >= 0.3 is 0 Å². The smallest absolute Gasteiger partial charge is 0.194 e. The van der Waals surface area contributed by atoms with Crippen molar-refractivity contribution in [3.63, 3.8) is 0 Å². The number of guanidine groups is 1. The molecule has 1 aromatic carbocycles.